The average molecular weight is 227 g/mol. The summed E-state index contributed by atoms with van der Waals surface area (Å²) in [6.45, 7) is 6.36. The molecular formula is C15H17NO. The van der Waals surface area contributed by atoms with Gasteiger partial charge in [-0.3, -0.25) is 4.79 Å². The zero-order valence-corrected chi connectivity index (χ0v) is 10.4. The van der Waals surface area contributed by atoms with Crippen LogP contribution < -0.4 is 0 Å². The Morgan fingerprint density at radius 2 is 1.76 bits per heavy atom. The van der Waals surface area contributed by atoms with Crippen LogP contribution >= 0.6 is 0 Å². The summed E-state index contributed by atoms with van der Waals surface area (Å²) in [5.74, 6) is 0.0560. The van der Waals surface area contributed by atoms with Crippen LogP contribution in [0.3, 0.4) is 0 Å². The van der Waals surface area contributed by atoms with E-state index in [-0.39, 0.29) is 11.2 Å². The molecule has 0 spiro atoms. The first-order chi connectivity index (χ1) is 8.00. The van der Waals surface area contributed by atoms with E-state index in [4.69, 9.17) is 0 Å². The molecular weight excluding hydrogens is 210 g/mol. The van der Waals surface area contributed by atoms with E-state index in [9.17, 15) is 4.79 Å². The van der Waals surface area contributed by atoms with Crippen LogP contribution in [-0.2, 0) is 5.41 Å². The molecule has 2 rings (SSSR count). The minimum absolute atomic E-state index is 0.0289. The topological polar surface area (TPSA) is 32.9 Å². The summed E-state index contributed by atoms with van der Waals surface area (Å²) >= 11 is 0. The lowest BCUT2D eigenvalue weighted by Gasteiger charge is -2.22. The molecule has 0 aliphatic heterocycles. The minimum atomic E-state index is -0.0289. The summed E-state index contributed by atoms with van der Waals surface area (Å²) in [5.41, 5.74) is 2.47. The van der Waals surface area contributed by atoms with Gasteiger partial charge in [-0.15, -0.1) is 0 Å². The number of benzene rings is 1. The first-order valence-corrected chi connectivity index (χ1v) is 5.78. The molecule has 0 aliphatic carbocycles. The second-order valence-electron chi connectivity index (χ2n) is 5.21. The number of carbonyl (C=O) groups excluding carboxylic acids is 1. The van der Waals surface area contributed by atoms with Gasteiger partial charge in [0.25, 0.3) is 0 Å². The first-order valence-electron chi connectivity index (χ1n) is 5.78. The van der Waals surface area contributed by atoms with Crippen molar-refractivity contribution >= 4 is 5.78 Å². The Balaban J connectivity index is 2.50. The van der Waals surface area contributed by atoms with Crippen LogP contribution in [0.25, 0.3) is 0 Å². The number of hydrogen-bond acceptors (Lipinski definition) is 1. The normalized spacial score (nSPS) is 11.5. The van der Waals surface area contributed by atoms with Gasteiger partial charge in [-0.1, -0.05) is 45.0 Å². The van der Waals surface area contributed by atoms with Crippen molar-refractivity contribution < 1.29 is 4.79 Å². The lowest BCUT2D eigenvalue weighted by atomic mass is 9.82. The molecule has 0 unspecified atom stereocenters. The van der Waals surface area contributed by atoms with E-state index in [0.29, 0.717) is 5.69 Å². The van der Waals surface area contributed by atoms with Crippen molar-refractivity contribution in [1.29, 1.82) is 0 Å². The largest absolute Gasteiger partial charge is 0.359 e. The van der Waals surface area contributed by atoms with Crippen molar-refractivity contribution in [3.8, 4) is 0 Å². The van der Waals surface area contributed by atoms with Gasteiger partial charge >= 0.3 is 0 Å². The van der Waals surface area contributed by atoms with Crippen LogP contribution in [0.5, 0.6) is 0 Å². The lowest BCUT2D eigenvalue weighted by Crippen LogP contribution is -2.17. The van der Waals surface area contributed by atoms with Crippen molar-refractivity contribution in [2.24, 2.45) is 0 Å². The highest BCUT2D eigenvalue weighted by molar-refractivity contribution is 6.08. The van der Waals surface area contributed by atoms with Gasteiger partial charge in [0.15, 0.2) is 0 Å². The maximum absolute atomic E-state index is 12.3. The minimum Gasteiger partial charge on any atom is -0.359 e. The highest BCUT2D eigenvalue weighted by Crippen LogP contribution is 2.26. The summed E-state index contributed by atoms with van der Waals surface area (Å²) in [6, 6.07) is 11.5. The van der Waals surface area contributed by atoms with Crippen LogP contribution in [0.15, 0.2) is 42.6 Å². The van der Waals surface area contributed by atoms with Gasteiger partial charge in [-0.2, -0.15) is 0 Å². The number of aromatic amines is 1. The van der Waals surface area contributed by atoms with Crippen LogP contribution in [0.4, 0.5) is 0 Å². The maximum atomic E-state index is 12.3. The third-order valence-electron chi connectivity index (χ3n) is 2.82. The standard InChI is InChI=1S/C15H17NO/c1-15(2,3)12-8-5-4-7-11(12)14(17)13-9-6-10-16-13/h4-10,16H,1-3H3. The van der Waals surface area contributed by atoms with Gasteiger partial charge in [0.1, 0.15) is 0 Å². The van der Waals surface area contributed by atoms with Gasteiger partial charge in [-0.05, 0) is 23.1 Å². The molecule has 0 atom stereocenters. The number of carbonyl (C=O) groups is 1. The summed E-state index contributed by atoms with van der Waals surface area (Å²) < 4.78 is 0. The molecule has 1 heterocycles. The SMILES string of the molecule is CC(C)(C)c1ccccc1C(=O)c1ccc[nH]1. The van der Waals surface area contributed by atoms with E-state index in [2.05, 4.69) is 25.8 Å². The predicted octanol–water partition coefficient (Wildman–Crippen LogP) is 3.54. The summed E-state index contributed by atoms with van der Waals surface area (Å²) in [5, 5.41) is 0. The maximum Gasteiger partial charge on any atom is 0.209 e. The van der Waals surface area contributed by atoms with Crippen LogP contribution in [0.2, 0.25) is 0 Å². The molecule has 1 aromatic carbocycles. The van der Waals surface area contributed by atoms with Gasteiger partial charge in [-0.25, -0.2) is 0 Å². The molecule has 0 aliphatic rings. The lowest BCUT2D eigenvalue weighted by molar-refractivity contribution is 0.103. The second kappa shape index (κ2) is 4.21. The molecule has 2 heteroatoms. The van der Waals surface area contributed by atoms with E-state index in [1.807, 2.05) is 36.4 Å². The van der Waals surface area contributed by atoms with Gasteiger partial charge in [0.2, 0.25) is 5.78 Å². The fourth-order valence-corrected chi connectivity index (χ4v) is 1.95. The molecule has 0 saturated carbocycles. The third-order valence-corrected chi connectivity index (χ3v) is 2.82. The number of nitrogens with one attached hydrogen (secondary N) is 1. The molecule has 0 fully saturated rings. The zero-order valence-electron chi connectivity index (χ0n) is 10.4. The number of rotatable bonds is 2. The van der Waals surface area contributed by atoms with E-state index >= 15 is 0 Å². The fourth-order valence-electron chi connectivity index (χ4n) is 1.95. The molecule has 1 aromatic heterocycles. The summed E-state index contributed by atoms with van der Waals surface area (Å²) in [6.07, 6.45) is 1.77. The van der Waals surface area contributed by atoms with Crippen molar-refractivity contribution in [3.05, 3.63) is 59.4 Å². The summed E-state index contributed by atoms with van der Waals surface area (Å²) in [4.78, 5) is 15.3. The Morgan fingerprint density at radius 1 is 1.06 bits per heavy atom. The van der Waals surface area contributed by atoms with E-state index in [0.717, 1.165) is 11.1 Å². The van der Waals surface area contributed by atoms with E-state index in [1.165, 1.54) is 0 Å². The van der Waals surface area contributed by atoms with Crippen LogP contribution in [-0.4, -0.2) is 10.8 Å². The zero-order chi connectivity index (χ0) is 12.5. The highest BCUT2D eigenvalue weighted by atomic mass is 16.1. The van der Waals surface area contributed by atoms with Gasteiger partial charge < -0.3 is 4.98 Å². The molecule has 0 bridgehead atoms. The molecule has 0 saturated heterocycles. The van der Waals surface area contributed by atoms with Crippen molar-refractivity contribution in [3.63, 3.8) is 0 Å². The van der Waals surface area contributed by atoms with Crippen molar-refractivity contribution in [2.75, 3.05) is 0 Å². The monoisotopic (exact) mass is 227 g/mol. The van der Waals surface area contributed by atoms with Crippen molar-refractivity contribution in [1.82, 2.24) is 4.98 Å². The molecule has 17 heavy (non-hydrogen) atoms. The number of aromatic nitrogens is 1. The number of H-pyrrole nitrogens is 1. The van der Waals surface area contributed by atoms with Crippen molar-refractivity contribution in [2.45, 2.75) is 26.2 Å². The van der Waals surface area contributed by atoms with Gasteiger partial charge in [0, 0.05) is 11.8 Å². The van der Waals surface area contributed by atoms with Crippen LogP contribution in [0.1, 0.15) is 42.4 Å². The molecule has 0 radical (unpaired) electrons. The number of hydrogen-bond donors (Lipinski definition) is 1. The van der Waals surface area contributed by atoms with Crippen LogP contribution in [0, 0.1) is 0 Å². The Labute approximate surface area is 102 Å². The fraction of sp³-hybridized carbons (Fsp3) is 0.267. The van der Waals surface area contributed by atoms with Gasteiger partial charge in [0.05, 0.1) is 5.69 Å². The highest BCUT2D eigenvalue weighted by Gasteiger charge is 2.21. The average Bonchev–Trinajstić information content (AvgIpc) is 2.80. The Bertz CT molecular complexity index is 518. The molecule has 1 N–H and O–H groups in total. The summed E-state index contributed by atoms with van der Waals surface area (Å²) in [7, 11) is 0. The molecule has 0 amide bonds. The first kappa shape index (κ1) is 11.6. The molecule has 2 nitrogen and oxygen atoms in total. The predicted molar refractivity (Wildman–Crippen MR) is 69.4 cm³/mol. The Kier molecular flexibility index (Phi) is 2.88. The quantitative estimate of drug-likeness (QED) is 0.782. The number of ketones is 1. The molecule has 88 valence electrons. The smallest absolute Gasteiger partial charge is 0.209 e. The Morgan fingerprint density at radius 3 is 2.35 bits per heavy atom. The Hall–Kier alpha value is -1.83. The van der Waals surface area contributed by atoms with E-state index in [1.54, 1.807) is 6.20 Å². The molecule has 2 aromatic rings. The third kappa shape index (κ3) is 2.31. The van der Waals surface area contributed by atoms with E-state index < -0.39 is 0 Å². The second-order valence-corrected chi connectivity index (χ2v) is 5.21.